The molecule has 0 saturated carbocycles. The molecule has 0 saturated heterocycles. The molecule has 2 aromatic carbocycles. The molecule has 9 heteroatoms. The summed E-state index contributed by atoms with van der Waals surface area (Å²) >= 11 is 0. The minimum Gasteiger partial charge on any atom is -0.480 e. The molecular formula is C26H36N2O6Si. The second kappa shape index (κ2) is 11.6. The normalized spacial score (nSPS) is 14.5. The molecule has 3 N–H and O–H groups in total. The first-order chi connectivity index (χ1) is 16.3. The number of aliphatic carboxylic acids is 1. The third-order valence-electron chi connectivity index (χ3n) is 6.14. The SMILES string of the molecule is CC(=O)N(C)[C@H](C(=O)N[C@@H](CO[Si](c1ccccc1)(c1ccccc1)C(C)(C)C)C(=O)O)[C@@H](C)O. The van der Waals surface area contributed by atoms with Crippen LogP contribution in [0.2, 0.25) is 5.04 Å². The topological polar surface area (TPSA) is 116 Å². The first-order valence-electron chi connectivity index (χ1n) is 11.5. The second-order valence-corrected chi connectivity index (χ2v) is 14.0. The Bertz CT molecular complexity index is 968. The van der Waals surface area contributed by atoms with Crippen LogP contribution in [0.5, 0.6) is 0 Å². The van der Waals surface area contributed by atoms with E-state index in [0.717, 1.165) is 15.3 Å². The number of aliphatic hydroxyl groups excluding tert-OH is 1. The Kier molecular flexibility index (Phi) is 9.36. The largest absolute Gasteiger partial charge is 0.480 e. The Hall–Kier alpha value is -3.01. The molecule has 0 spiro atoms. The lowest BCUT2D eigenvalue weighted by Crippen LogP contribution is -2.68. The lowest BCUT2D eigenvalue weighted by molar-refractivity contribution is -0.146. The summed E-state index contributed by atoms with van der Waals surface area (Å²) in [4.78, 5) is 38.0. The average Bonchev–Trinajstić information content (AvgIpc) is 2.78. The van der Waals surface area contributed by atoms with Gasteiger partial charge in [-0.15, -0.1) is 0 Å². The Balaban J connectivity index is 2.45. The van der Waals surface area contributed by atoms with E-state index in [1.165, 1.54) is 20.9 Å². The van der Waals surface area contributed by atoms with Crippen molar-refractivity contribution >= 4 is 36.5 Å². The molecule has 3 atom stereocenters. The zero-order valence-corrected chi connectivity index (χ0v) is 22.2. The van der Waals surface area contributed by atoms with Crippen molar-refractivity contribution in [1.29, 1.82) is 0 Å². The number of hydrogen-bond acceptors (Lipinski definition) is 5. The monoisotopic (exact) mass is 500 g/mol. The van der Waals surface area contributed by atoms with Crippen molar-refractivity contribution in [2.75, 3.05) is 13.7 Å². The van der Waals surface area contributed by atoms with Crippen LogP contribution < -0.4 is 15.7 Å². The van der Waals surface area contributed by atoms with Crippen LogP contribution in [0.1, 0.15) is 34.6 Å². The van der Waals surface area contributed by atoms with Crippen molar-refractivity contribution in [2.45, 2.75) is 57.8 Å². The van der Waals surface area contributed by atoms with Crippen LogP contribution in [0.25, 0.3) is 0 Å². The van der Waals surface area contributed by atoms with Crippen LogP contribution in [-0.2, 0) is 18.8 Å². The number of hydrogen-bond donors (Lipinski definition) is 3. The zero-order valence-electron chi connectivity index (χ0n) is 21.2. The molecule has 0 aliphatic heterocycles. The molecule has 0 fully saturated rings. The number of benzene rings is 2. The second-order valence-electron chi connectivity index (χ2n) is 9.69. The van der Waals surface area contributed by atoms with Gasteiger partial charge in [-0.05, 0) is 22.3 Å². The first kappa shape index (κ1) is 28.2. The summed E-state index contributed by atoms with van der Waals surface area (Å²) in [6, 6.07) is 16.9. The maximum atomic E-state index is 12.9. The van der Waals surface area contributed by atoms with Gasteiger partial charge < -0.3 is 24.9 Å². The fourth-order valence-electron chi connectivity index (χ4n) is 4.32. The number of carboxylic acid groups (broad SMARTS) is 1. The highest BCUT2D eigenvalue weighted by molar-refractivity contribution is 6.99. The lowest BCUT2D eigenvalue weighted by atomic mass is 10.1. The molecular weight excluding hydrogens is 464 g/mol. The molecule has 2 amide bonds. The van der Waals surface area contributed by atoms with E-state index in [2.05, 4.69) is 26.1 Å². The minimum absolute atomic E-state index is 0.287. The van der Waals surface area contributed by atoms with E-state index in [0.29, 0.717) is 0 Å². The van der Waals surface area contributed by atoms with Crippen molar-refractivity contribution in [3.63, 3.8) is 0 Å². The molecule has 190 valence electrons. The standard InChI is InChI=1S/C26H36N2O6Si/c1-18(29)23(28(6)19(2)30)24(31)27-22(25(32)33)17-34-35(26(3,4)5,20-13-9-7-10-14-20)21-15-11-8-12-16-21/h7-16,18,22-23,29H,17H2,1-6H3,(H,27,31)(H,32,33)/t18-,22+,23+/m1/s1. The van der Waals surface area contributed by atoms with Gasteiger partial charge in [-0.2, -0.15) is 0 Å². The molecule has 0 aromatic heterocycles. The molecule has 2 aromatic rings. The number of carboxylic acids is 1. The summed E-state index contributed by atoms with van der Waals surface area (Å²) in [5.74, 6) is -2.47. The minimum atomic E-state index is -3.03. The van der Waals surface area contributed by atoms with Crippen LogP contribution >= 0.6 is 0 Å². The van der Waals surface area contributed by atoms with E-state index < -0.39 is 44.3 Å². The van der Waals surface area contributed by atoms with E-state index in [1.54, 1.807) is 0 Å². The molecule has 0 bridgehead atoms. The van der Waals surface area contributed by atoms with E-state index in [1.807, 2.05) is 60.7 Å². The maximum Gasteiger partial charge on any atom is 0.328 e. The quantitative estimate of drug-likeness (QED) is 0.424. The molecule has 0 aliphatic rings. The summed E-state index contributed by atoms with van der Waals surface area (Å²) in [7, 11) is -1.64. The van der Waals surface area contributed by atoms with E-state index in [-0.39, 0.29) is 11.6 Å². The number of carbonyl (C=O) groups is 3. The van der Waals surface area contributed by atoms with Crippen LogP contribution in [0.3, 0.4) is 0 Å². The lowest BCUT2D eigenvalue weighted by Gasteiger charge is -2.43. The number of carbonyl (C=O) groups excluding carboxylic acids is 2. The number of nitrogens with zero attached hydrogens (tertiary/aromatic N) is 1. The van der Waals surface area contributed by atoms with Gasteiger partial charge in [0.15, 0.2) is 0 Å². The van der Waals surface area contributed by atoms with Crippen LogP contribution in [0, 0.1) is 0 Å². The number of nitrogens with one attached hydrogen (secondary N) is 1. The van der Waals surface area contributed by atoms with Crippen molar-refractivity contribution in [3.8, 4) is 0 Å². The first-order valence-corrected chi connectivity index (χ1v) is 13.4. The number of likely N-dealkylation sites (N-methyl/N-ethyl adjacent to an activating group) is 1. The maximum absolute atomic E-state index is 12.9. The Morgan fingerprint density at radius 1 is 1.00 bits per heavy atom. The molecule has 0 aliphatic carbocycles. The van der Waals surface area contributed by atoms with Gasteiger partial charge in [0, 0.05) is 14.0 Å². The fourth-order valence-corrected chi connectivity index (χ4v) is 8.89. The van der Waals surface area contributed by atoms with Crippen molar-refractivity contribution in [3.05, 3.63) is 60.7 Å². The molecule has 0 radical (unpaired) electrons. The van der Waals surface area contributed by atoms with Crippen LogP contribution in [0.15, 0.2) is 60.7 Å². The Morgan fingerprint density at radius 2 is 1.46 bits per heavy atom. The molecule has 0 heterocycles. The highest BCUT2D eigenvalue weighted by Gasteiger charge is 2.50. The number of amides is 2. The Morgan fingerprint density at radius 3 is 1.80 bits per heavy atom. The van der Waals surface area contributed by atoms with Crippen LogP contribution in [-0.4, -0.2) is 73.1 Å². The van der Waals surface area contributed by atoms with Gasteiger partial charge in [0.1, 0.15) is 12.1 Å². The van der Waals surface area contributed by atoms with Gasteiger partial charge >= 0.3 is 5.97 Å². The zero-order chi connectivity index (χ0) is 26.4. The van der Waals surface area contributed by atoms with Gasteiger partial charge in [0.2, 0.25) is 11.8 Å². The predicted molar refractivity (Wildman–Crippen MR) is 137 cm³/mol. The van der Waals surface area contributed by atoms with E-state index >= 15 is 0 Å². The van der Waals surface area contributed by atoms with Gasteiger partial charge in [-0.3, -0.25) is 9.59 Å². The van der Waals surface area contributed by atoms with Gasteiger partial charge in [0.25, 0.3) is 8.32 Å². The highest BCUT2D eigenvalue weighted by atomic mass is 28.4. The predicted octanol–water partition coefficient (Wildman–Crippen LogP) is 1.36. The summed E-state index contributed by atoms with van der Waals surface area (Å²) < 4.78 is 6.64. The summed E-state index contributed by atoms with van der Waals surface area (Å²) in [5, 5.41) is 24.0. The molecule has 2 rings (SSSR count). The highest BCUT2D eigenvalue weighted by Crippen LogP contribution is 2.36. The van der Waals surface area contributed by atoms with Gasteiger partial charge in [-0.1, -0.05) is 81.4 Å². The molecule has 0 unspecified atom stereocenters. The Labute approximate surface area is 208 Å². The number of rotatable bonds is 10. The summed E-state index contributed by atoms with van der Waals surface area (Å²) in [6.45, 7) is 8.56. The van der Waals surface area contributed by atoms with Gasteiger partial charge in [-0.25, -0.2) is 4.79 Å². The van der Waals surface area contributed by atoms with Crippen molar-refractivity contribution in [2.24, 2.45) is 0 Å². The van der Waals surface area contributed by atoms with Crippen LogP contribution in [0.4, 0.5) is 0 Å². The van der Waals surface area contributed by atoms with E-state index in [9.17, 15) is 24.6 Å². The summed E-state index contributed by atoms with van der Waals surface area (Å²) in [6.07, 6.45) is -1.20. The van der Waals surface area contributed by atoms with Gasteiger partial charge in [0.05, 0.1) is 12.7 Å². The fraction of sp³-hybridized carbons (Fsp3) is 0.423. The van der Waals surface area contributed by atoms with E-state index in [4.69, 9.17) is 4.43 Å². The molecule has 35 heavy (non-hydrogen) atoms. The number of aliphatic hydroxyl groups is 1. The van der Waals surface area contributed by atoms with Crippen molar-refractivity contribution < 1.29 is 29.0 Å². The molecule has 8 nitrogen and oxygen atoms in total. The third kappa shape index (κ3) is 6.36. The smallest absolute Gasteiger partial charge is 0.328 e. The average molecular weight is 501 g/mol. The van der Waals surface area contributed by atoms with Crippen molar-refractivity contribution in [1.82, 2.24) is 10.2 Å². The summed E-state index contributed by atoms with van der Waals surface area (Å²) in [5.41, 5.74) is 0. The third-order valence-corrected chi connectivity index (χ3v) is 11.1.